The maximum absolute atomic E-state index is 5.68. The van der Waals surface area contributed by atoms with Crippen LogP contribution in [0.5, 0.6) is 0 Å². The van der Waals surface area contributed by atoms with Gasteiger partial charge in [-0.2, -0.15) is 0 Å². The van der Waals surface area contributed by atoms with Gasteiger partial charge in [0.2, 0.25) is 0 Å². The molecule has 13 heavy (non-hydrogen) atoms. The topological polar surface area (TPSA) is 29.3 Å². The van der Waals surface area contributed by atoms with Crippen molar-refractivity contribution in [3.63, 3.8) is 0 Å². The Morgan fingerprint density at radius 3 is 1.85 bits per heavy atom. The second-order valence-corrected chi connectivity index (χ2v) is 5.71. The number of nitrogens with two attached hydrogens (primary N) is 1. The number of nitrogens with zero attached hydrogens (tertiary/aromatic N) is 1. The summed E-state index contributed by atoms with van der Waals surface area (Å²) in [5.74, 6) is 0. The molecule has 0 rings (SSSR count). The van der Waals surface area contributed by atoms with Crippen LogP contribution in [-0.2, 0) is 0 Å². The van der Waals surface area contributed by atoms with Gasteiger partial charge >= 0.3 is 0 Å². The Morgan fingerprint density at radius 1 is 1.08 bits per heavy atom. The van der Waals surface area contributed by atoms with Gasteiger partial charge in [-0.3, -0.25) is 0 Å². The quantitative estimate of drug-likeness (QED) is 0.728. The van der Waals surface area contributed by atoms with Crippen LogP contribution in [0, 0.1) is 5.41 Å². The molecule has 0 spiro atoms. The predicted octanol–water partition coefficient (Wildman–Crippen LogP) is 2.09. The van der Waals surface area contributed by atoms with E-state index < -0.39 is 0 Å². The molecular weight excluding hydrogens is 160 g/mol. The fourth-order valence-corrected chi connectivity index (χ4v) is 0.908. The van der Waals surface area contributed by atoms with Crippen molar-refractivity contribution in [2.75, 3.05) is 20.1 Å². The summed E-state index contributed by atoms with van der Waals surface area (Å²) in [4.78, 5) is 2.38. The maximum Gasteiger partial charge on any atom is 0.0122 e. The van der Waals surface area contributed by atoms with Crippen molar-refractivity contribution >= 4 is 0 Å². The van der Waals surface area contributed by atoms with Gasteiger partial charge in [-0.1, -0.05) is 13.8 Å². The fraction of sp³-hybridized carbons (Fsp3) is 1.00. The fourth-order valence-electron chi connectivity index (χ4n) is 0.908. The van der Waals surface area contributed by atoms with Gasteiger partial charge in [-0.25, -0.2) is 0 Å². The Bertz CT molecular complexity index is 145. The lowest BCUT2D eigenvalue weighted by Crippen LogP contribution is -2.40. The van der Waals surface area contributed by atoms with Gasteiger partial charge in [0.1, 0.15) is 0 Å². The summed E-state index contributed by atoms with van der Waals surface area (Å²) in [6, 6.07) is 0. The lowest BCUT2D eigenvalue weighted by molar-refractivity contribution is 0.150. The van der Waals surface area contributed by atoms with Crippen molar-refractivity contribution < 1.29 is 0 Å². The van der Waals surface area contributed by atoms with Crippen LogP contribution in [0.2, 0.25) is 0 Å². The molecule has 0 amide bonds. The number of hydrogen-bond acceptors (Lipinski definition) is 2. The van der Waals surface area contributed by atoms with Gasteiger partial charge < -0.3 is 10.6 Å². The minimum absolute atomic E-state index is 0.269. The highest BCUT2D eigenvalue weighted by molar-refractivity contribution is 4.76. The Kier molecular flexibility index (Phi) is 4.40. The first-order valence-electron chi connectivity index (χ1n) is 5.10. The second kappa shape index (κ2) is 4.43. The van der Waals surface area contributed by atoms with Crippen LogP contribution in [0.3, 0.4) is 0 Å². The van der Waals surface area contributed by atoms with E-state index in [0.29, 0.717) is 0 Å². The third-order valence-corrected chi connectivity index (χ3v) is 2.82. The molecule has 2 N–H and O–H groups in total. The smallest absolute Gasteiger partial charge is 0.0122 e. The summed E-state index contributed by atoms with van der Waals surface area (Å²) in [6.07, 6.45) is 1.16. The van der Waals surface area contributed by atoms with Gasteiger partial charge in [-0.15, -0.1) is 0 Å². The third-order valence-electron chi connectivity index (χ3n) is 2.82. The molecule has 0 saturated heterocycles. The normalized spacial score (nSPS) is 13.8. The van der Waals surface area contributed by atoms with Crippen LogP contribution in [0.1, 0.15) is 41.0 Å². The number of hydrogen-bond donors (Lipinski definition) is 1. The van der Waals surface area contributed by atoms with Crippen molar-refractivity contribution in [3.8, 4) is 0 Å². The molecule has 0 bridgehead atoms. The summed E-state index contributed by atoms with van der Waals surface area (Å²) in [5, 5.41) is 0. The molecule has 2 nitrogen and oxygen atoms in total. The highest BCUT2D eigenvalue weighted by Crippen LogP contribution is 2.20. The van der Waals surface area contributed by atoms with E-state index in [0.717, 1.165) is 19.5 Å². The van der Waals surface area contributed by atoms with Crippen LogP contribution in [-0.4, -0.2) is 30.6 Å². The first-order valence-corrected chi connectivity index (χ1v) is 5.10. The molecule has 0 saturated carbocycles. The number of rotatable bonds is 4. The highest BCUT2D eigenvalue weighted by atomic mass is 15.1. The van der Waals surface area contributed by atoms with Gasteiger partial charge in [0.05, 0.1) is 0 Å². The molecule has 0 radical (unpaired) electrons. The van der Waals surface area contributed by atoms with Crippen molar-refractivity contribution in [2.24, 2.45) is 11.1 Å². The molecule has 0 aliphatic rings. The molecular formula is C11H26N2. The van der Waals surface area contributed by atoms with E-state index in [1.807, 2.05) is 0 Å². The first kappa shape index (κ1) is 12.9. The van der Waals surface area contributed by atoms with Crippen LogP contribution in [0.15, 0.2) is 0 Å². The molecule has 0 fully saturated rings. The second-order valence-electron chi connectivity index (χ2n) is 5.71. The van der Waals surface area contributed by atoms with Gasteiger partial charge in [-0.05, 0) is 52.7 Å². The maximum atomic E-state index is 5.68. The molecule has 0 aromatic rings. The monoisotopic (exact) mass is 186 g/mol. The van der Waals surface area contributed by atoms with Gasteiger partial charge in [0.25, 0.3) is 0 Å². The highest BCUT2D eigenvalue weighted by Gasteiger charge is 2.21. The summed E-state index contributed by atoms with van der Waals surface area (Å²) in [6.45, 7) is 13.1. The molecule has 2 heteroatoms. The SMILES string of the molecule is CN(CCC(C)(C)CN)C(C)(C)C. The van der Waals surface area contributed by atoms with E-state index in [1.54, 1.807) is 0 Å². The zero-order valence-electron chi connectivity index (χ0n) is 10.1. The molecule has 0 aromatic heterocycles. The molecule has 0 heterocycles. The van der Waals surface area contributed by atoms with Crippen LogP contribution >= 0.6 is 0 Å². The van der Waals surface area contributed by atoms with Crippen LogP contribution < -0.4 is 5.73 Å². The van der Waals surface area contributed by atoms with Crippen molar-refractivity contribution in [2.45, 2.75) is 46.6 Å². The largest absolute Gasteiger partial charge is 0.330 e. The molecule has 80 valence electrons. The molecule has 0 atom stereocenters. The third kappa shape index (κ3) is 5.27. The van der Waals surface area contributed by atoms with Gasteiger partial charge in [0, 0.05) is 5.54 Å². The Balaban J connectivity index is 3.90. The lowest BCUT2D eigenvalue weighted by atomic mass is 9.89. The van der Waals surface area contributed by atoms with Crippen molar-refractivity contribution in [1.29, 1.82) is 0 Å². The molecule has 0 aliphatic heterocycles. The van der Waals surface area contributed by atoms with E-state index in [2.05, 4.69) is 46.6 Å². The minimum atomic E-state index is 0.269. The zero-order valence-corrected chi connectivity index (χ0v) is 10.1. The summed E-state index contributed by atoms with van der Waals surface area (Å²) < 4.78 is 0. The van der Waals surface area contributed by atoms with E-state index >= 15 is 0 Å². The van der Waals surface area contributed by atoms with Crippen molar-refractivity contribution in [3.05, 3.63) is 0 Å². The van der Waals surface area contributed by atoms with E-state index in [-0.39, 0.29) is 11.0 Å². The minimum Gasteiger partial charge on any atom is -0.330 e. The molecule has 0 unspecified atom stereocenters. The lowest BCUT2D eigenvalue weighted by Gasteiger charge is -2.34. The molecule has 0 aromatic carbocycles. The summed E-state index contributed by atoms with van der Waals surface area (Å²) >= 11 is 0. The van der Waals surface area contributed by atoms with Crippen molar-refractivity contribution in [1.82, 2.24) is 4.90 Å². The van der Waals surface area contributed by atoms with E-state index in [1.165, 1.54) is 0 Å². The zero-order chi connectivity index (χ0) is 10.7. The standard InChI is InChI=1S/C11H26N2/c1-10(2,3)13(6)8-7-11(4,5)9-12/h7-9,12H2,1-6H3. The average Bonchev–Trinajstić information content (AvgIpc) is 1.98. The van der Waals surface area contributed by atoms with E-state index in [4.69, 9.17) is 5.73 Å². The van der Waals surface area contributed by atoms with E-state index in [9.17, 15) is 0 Å². The predicted molar refractivity (Wildman–Crippen MR) is 59.8 cm³/mol. The average molecular weight is 186 g/mol. The van der Waals surface area contributed by atoms with Crippen LogP contribution in [0.25, 0.3) is 0 Å². The first-order chi connectivity index (χ1) is 5.69. The molecule has 0 aliphatic carbocycles. The van der Waals surface area contributed by atoms with Gasteiger partial charge in [0.15, 0.2) is 0 Å². The summed E-state index contributed by atoms with van der Waals surface area (Å²) in [5.41, 5.74) is 6.23. The Hall–Kier alpha value is -0.0800. The van der Waals surface area contributed by atoms with Crippen LogP contribution in [0.4, 0.5) is 0 Å². The summed E-state index contributed by atoms with van der Waals surface area (Å²) in [7, 11) is 2.17. The Morgan fingerprint density at radius 2 is 1.54 bits per heavy atom. The Labute approximate surface area is 83.5 Å².